The van der Waals surface area contributed by atoms with Crippen LogP contribution >= 0.6 is 0 Å². The number of primary amides is 1. The number of hydrogen-bond donors (Lipinski definition) is 3. The van der Waals surface area contributed by atoms with Crippen LogP contribution in [0, 0.1) is 0 Å². The second-order valence-corrected chi connectivity index (χ2v) is 7.50. The molecule has 0 aliphatic carbocycles. The van der Waals surface area contributed by atoms with Gasteiger partial charge in [0.1, 0.15) is 29.4 Å². The summed E-state index contributed by atoms with van der Waals surface area (Å²) >= 11 is 0. The third-order valence-corrected chi connectivity index (χ3v) is 5.35. The summed E-state index contributed by atoms with van der Waals surface area (Å²) in [5.41, 5.74) is 8.38. The fourth-order valence-electron chi connectivity index (χ4n) is 3.71. The van der Waals surface area contributed by atoms with Gasteiger partial charge in [-0.05, 0) is 42.3 Å². The van der Waals surface area contributed by atoms with Gasteiger partial charge in [0.05, 0.1) is 6.04 Å². The van der Waals surface area contributed by atoms with E-state index >= 15 is 0 Å². The summed E-state index contributed by atoms with van der Waals surface area (Å²) in [6.45, 7) is 4.96. The van der Waals surface area contributed by atoms with E-state index in [4.69, 9.17) is 10.5 Å². The van der Waals surface area contributed by atoms with Crippen molar-refractivity contribution >= 4 is 17.6 Å². The van der Waals surface area contributed by atoms with Gasteiger partial charge in [0, 0.05) is 18.7 Å². The molecule has 2 heterocycles. The molecule has 1 aliphatic heterocycles. The van der Waals surface area contributed by atoms with Gasteiger partial charge in [-0.3, -0.25) is 9.59 Å². The molecule has 0 fully saturated rings. The van der Waals surface area contributed by atoms with Crippen molar-refractivity contribution in [1.82, 2.24) is 15.1 Å². The van der Waals surface area contributed by atoms with Crippen LogP contribution in [0.5, 0.6) is 5.75 Å². The Labute approximate surface area is 186 Å². The Hall–Kier alpha value is -4.07. The van der Waals surface area contributed by atoms with Crippen LogP contribution < -0.4 is 21.1 Å². The minimum absolute atomic E-state index is 0.101. The summed E-state index contributed by atoms with van der Waals surface area (Å²) in [5, 5.41) is 10.7. The number of carbonyl (C=O) groups excluding carboxylic acids is 2. The third-order valence-electron chi connectivity index (χ3n) is 5.35. The quantitative estimate of drug-likeness (QED) is 0.475. The fourth-order valence-corrected chi connectivity index (χ4v) is 3.71. The Morgan fingerprint density at radius 1 is 1.22 bits per heavy atom. The van der Waals surface area contributed by atoms with Gasteiger partial charge in [0.2, 0.25) is 5.91 Å². The van der Waals surface area contributed by atoms with E-state index in [-0.39, 0.29) is 11.9 Å². The van der Waals surface area contributed by atoms with Crippen molar-refractivity contribution in [3.63, 3.8) is 0 Å². The molecule has 3 aromatic rings. The average molecular weight is 431 g/mol. The molecule has 4 rings (SSSR count). The van der Waals surface area contributed by atoms with E-state index in [1.165, 1.54) is 6.08 Å². The number of nitrogens with zero attached hydrogens (tertiary/aromatic N) is 2. The Kier molecular flexibility index (Phi) is 6.21. The van der Waals surface area contributed by atoms with Gasteiger partial charge in [0.15, 0.2) is 0 Å². The number of anilines is 1. The molecule has 0 saturated heterocycles. The molecule has 1 unspecified atom stereocenters. The third kappa shape index (κ3) is 4.49. The lowest BCUT2D eigenvalue weighted by molar-refractivity contribution is -0.116. The molecule has 0 bridgehead atoms. The Balaban J connectivity index is 1.57. The summed E-state index contributed by atoms with van der Waals surface area (Å²) in [5.74, 6) is 0.471. The molecular weight excluding hydrogens is 406 g/mol. The number of fused-ring (bicyclic) bond motifs is 1. The predicted molar refractivity (Wildman–Crippen MR) is 122 cm³/mol. The zero-order valence-corrected chi connectivity index (χ0v) is 17.6. The lowest BCUT2D eigenvalue weighted by atomic mass is 10.1. The maximum atomic E-state index is 12.3. The highest BCUT2D eigenvalue weighted by molar-refractivity contribution is 6.03. The van der Waals surface area contributed by atoms with Crippen LogP contribution in [0.4, 0.5) is 5.82 Å². The Bertz CT molecular complexity index is 1120. The number of rotatable bonds is 8. The van der Waals surface area contributed by atoms with Gasteiger partial charge in [-0.2, -0.15) is 5.10 Å². The normalized spacial score (nSPS) is 14.7. The molecule has 0 spiro atoms. The van der Waals surface area contributed by atoms with Gasteiger partial charge in [-0.1, -0.05) is 36.9 Å². The lowest BCUT2D eigenvalue weighted by Gasteiger charge is -2.26. The first-order chi connectivity index (χ1) is 15.6. The summed E-state index contributed by atoms with van der Waals surface area (Å²) < 4.78 is 7.58. The lowest BCUT2D eigenvalue weighted by Crippen LogP contribution is -2.34. The summed E-state index contributed by atoms with van der Waals surface area (Å²) in [7, 11) is 0. The van der Waals surface area contributed by atoms with E-state index in [2.05, 4.69) is 22.3 Å². The van der Waals surface area contributed by atoms with Gasteiger partial charge in [-0.15, -0.1) is 0 Å². The molecule has 2 aromatic carbocycles. The van der Waals surface area contributed by atoms with Crippen molar-refractivity contribution in [3.05, 3.63) is 78.4 Å². The van der Waals surface area contributed by atoms with Crippen LogP contribution in [0.2, 0.25) is 0 Å². The van der Waals surface area contributed by atoms with Crippen molar-refractivity contribution < 1.29 is 14.3 Å². The highest BCUT2D eigenvalue weighted by atomic mass is 16.5. The highest BCUT2D eigenvalue weighted by Gasteiger charge is 2.29. The van der Waals surface area contributed by atoms with Crippen LogP contribution in [0.25, 0.3) is 11.3 Å². The molecule has 1 aliphatic rings. The average Bonchev–Trinajstić information content (AvgIpc) is 3.22. The summed E-state index contributed by atoms with van der Waals surface area (Å²) in [6, 6.07) is 17.2. The smallest absolute Gasteiger partial charge is 0.254 e. The maximum Gasteiger partial charge on any atom is 0.254 e. The highest BCUT2D eigenvalue weighted by Crippen LogP contribution is 2.34. The van der Waals surface area contributed by atoms with Crippen molar-refractivity contribution in [2.75, 3.05) is 18.4 Å². The minimum atomic E-state index is -0.561. The van der Waals surface area contributed by atoms with Crippen LogP contribution in [-0.4, -0.2) is 34.7 Å². The van der Waals surface area contributed by atoms with Crippen molar-refractivity contribution in [1.29, 1.82) is 0 Å². The molecule has 8 heteroatoms. The van der Waals surface area contributed by atoms with E-state index in [1.54, 1.807) is 4.68 Å². The van der Waals surface area contributed by atoms with Crippen LogP contribution in [-0.2, 0) is 11.4 Å². The number of amides is 2. The topological polar surface area (TPSA) is 111 Å². The molecule has 164 valence electrons. The SMILES string of the molecule is C=CC(=O)NCC1CCNc2c(C(N)=O)c(-c3ccc(OCc4ccccc4)cc3)nn21. The fraction of sp³-hybridized carbons (Fsp3) is 0.208. The zero-order valence-electron chi connectivity index (χ0n) is 17.6. The number of hydrogen-bond acceptors (Lipinski definition) is 5. The number of nitrogens with one attached hydrogen (secondary N) is 2. The zero-order chi connectivity index (χ0) is 22.5. The molecule has 0 saturated carbocycles. The van der Waals surface area contributed by atoms with Crippen molar-refractivity contribution in [2.24, 2.45) is 5.73 Å². The first kappa shape index (κ1) is 21.2. The van der Waals surface area contributed by atoms with Crippen LogP contribution in [0.15, 0.2) is 67.3 Å². The van der Waals surface area contributed by atoms with E-state index in [1.807, 2.05) is 54.6 Å². The van der Waals surface area contributed by atoms with Crippen LogP contribution in [0.3, 0.4) is 0 Å². The standard InChI is InChI=1S/C24H25N5O3/c1-2-20(30)27-14-18-12-13-26-24-21(23(25)31)22(28-29(18)24)17-8-10-19(11-9-17)32-15-16-6-4-3-5-7-16/h2-11,18,26H,1,12-15H2,(H2,25,31)(H,27,30). The number of ether oxygens (including phenoxy) is 1. The van der Waals surface area contributed by atoms with Gasteiger partial charge >= 0.3 is 0 Å². The van der Waals surface area contributed by atoms with E-state index < -0.39 is 5.91 Å². The molecule has 1 atom stereocenters. The Morgan fingerprint density at radius 3 is 2.66 bits per heavy atom. The number of carbonyl (C=O) groups is 2. The second-order valence-electron chi connectivity index (χ2n) is 7.50. The van der Waals surface area contributed by atoms with Gasteiger partial charge in [0.25, 0.3) is 5.91 Å². The molecule has 32 heavy (non-hydrogen) atoms. The molecule has 8 nitrogen and oxygen atoms in total. The first-order valence-corrected chi connectivity index (χ1v) is 10.4. The summed E-state index contributed by atoms with van der Waals surface area (Å²) in [4.78, 5) is 23.9. The van der Waals surface area contributed by atoms with Gasteiger partial charge in [-0.25, -0.2) is 4.68 Å². The molecule has 4 N–H and O–H groups in total. The maximum absolute atomic E-state index is 12.3. The Morgan fingerprint density at radius 2 is 1.97 bits per heavy atom. The van der Waals surface area contributed by atoms with Crippen molar-refractivity contribution in [3.8, 4) is 17.0 Å². The van der Waals surface area contributed by atoms with E-state index in [0.29, 0.717) is 42.5 Å². The monoisotopic (exact) mass is 431 g/mol. The molecular formula is C24H25N5O3. The van der Waals surface area contributed by atoms with Crippen LogP contribution in [0.1, 0.15) is 28.4 Å². The number of benzene rings is 2. The molecule has 0 radical (unpaired) electrons. The number of nitrogens with two attached hydrogens (primary N) is 1. The molecule has 1 aromatic heterocycles. The summed E-state index contributed by atoms with van der Waals surface area (Å²) in [6.07, 6.45) is 1.97. The van der Waals surface area contributed by atoms with Crippen molar-refractivity contribution in [2.45, 2.75) is 19.1 Å². The van der Waals surface area contributed by atoms with E-state index in [0.717, 1.165) is 17.5 Å². The number of aromatic nitrogens is 2. The molecule has 2 amide bonds. The largest absolute Gasteiger partial charge is 0.489 e. The van der Waals surface area contributed by atoms with Gasteiger partial charge < -0.3 is 21.1 Å². The first-order valence-electron chi connectivity index (χ1n) is 10.4. The predicted octanol–water partition coefficient (Wildman–Crippen LogP) is 2.89. The minimum Gasteiger partial charge on any atom is -0.489 e. The van der Waals surface area contributed by atoms with E-state index in [9.17, 15) is 9.59 Å². The second kappa shape index (κ2) is 9.38.